The van der Waals surface area contributed by atoms with E-state index in [4.69, 9.17) is 9.47 Å². The summed E-state index contributed by atoms with van der Waals surface area (Å²) in [5.41, 5.74) is 1.92. The summed E-state index contributed by atoms with van der Waals surface area (Å²) < 4.78 is 10.0. The van der Waals surface area contributed by atoms with Crippen molar-refractivity contribution in [2.45, 2.75) is 6.61 Å². The molecule has 0 atom stereocenters. The van der Waals surface area contributed by atoms with Crippen LogP contribution >= 0.6 is 0 Å². The van der Waals surface area contributed by atoms with E-state index in [2.05, 4.69) is 0 Å². The lowest BCUT2D eigenvalue weighted by Gasteiger charge is -2.26. The summed E-state index contributed by atoms with van der Waals surface area (Å²) in [4.78, 5) is 23.5. The SMILES string of the molecule is COc1cc2c(cc1C=O)N(C)C(=O)OC2. The van der Waals surface area contributed by atoms with Gasteiger partial charge in [-0.1, -0.05) is 0 Å². The van der Waals surface area contributed by atoms with Crippen LogP contribution in [0, 0.1) is 0 Å². The fourth-order valence-corrected chi connectivity index (χ4v) is 1.66. The monoisotopic (exact) mass is 221 g/mol. The number of carbonyl (C=O) groups excluding carboxylic acids is 2. The van der Waals surface area contributed by atoms with Crippen LogP contribution in [0.2, 0.25) is 0 Å². The van der Waals surface area contributed by atoms with Gasteiger partial charge in [0.2, 0.25) is 0 Å². The molecule has 5 nitrogen and oxygen atoms in total. The lowest BCUT2D eigenvalue weighted by molar-refractivity contribution is 0.111. The highest BCUT2D eigenvalue weighted by atomic mass is 16.6. The zero-order valence-electron chi connectivity index (χ0n) is 9.02. The van der Waals surface area contributed by atoms with Crippen molar-refractivity contribution in [3.63, 3.8) is 0 Å². The minimum absolute atomic E-state index is 0.202. The van der Waals surface area contributed by atoms with E-state index in [-0.39, 0.29) is 6.61 Å². The Morgan fingerprint density at radius 2 is 2.25 bits per heavy atom. The Balaban J connectivity index is 2.56. The number of nitrogens with zero attached hydrogens (tertiary/aromatic N) is 1. The first kappa shape index (κ1) is 10.5. The van der Waals surface area contributed by atoms with Crippen LogP contribution in [0.1, 0.15) is 15.9 Å². The summed E-state index contributed by atoms with van der Waals surface area (Å²) in [5.74, 6) is 0.486. The molecular formula is C11H11NO4. The number of carbonyl (C=O) groups is 2. The van der Waals surface area contributed by atoms with Crippen molar-refractivity contribution in [1.29, 1.82) is 0 Å². The Morgan fingerprint density at radius 1 is 1.50 bits per heavy atom. The molecule has 1 aliphatic heterocycles. The summed E-state index contributed by atoms with van der Waals surface area (Å²) in [5, 5.41) is 0. The third-order valence-electron chi connectivity index (χ3n) is 2.54. The summed E-state index contributed by atoms with van der Waals surface area (Å²) >= 11 is 0. The predicted octanol–water partition coefficient (Wildman–Crippen LogP) is 1.59. The first-order chi connectivity index (χ1) is 7.67. The van der Waals surface area contributed by atoms with Gasteiger partial charge in [-0.15, -0.1) is 0 Å². The van der Waals surface area contributed by atoms with Crippen molar-refractivity contribution in [1.82, 2.24) is 0 Å². The van der Waals surface area contributed by atoms with Gasteiger partial charge in [-0.05, 0) is 12.1 Å². The second-order valence-corrected chi connectivity index (χ2v) is 3.45. The van der Waals surface area contributed by atoms with Crippen LogP contribution in [0.4, 0.5) is 10.5 Å². The van der Waals surface area contributed by atoms with Crippen molar-refractivity contribution < 1.29 is 19.1 Å². The Hall–Kier alpha value is -2.04. The average molecular weight is 221 g/mol. The van der Waals surface area contributed by atoms with E-state index in [1.165, 1.54) is 12.0 Å². The number of hydrogen-bond donors (Lipinski definition) is 0. The van der Waals surface area contributed by atoms with Crippen LogP contribution in [-0.4, -0.2) is 26.5 Å². The van der Waals surface area contributed by atoms with Gasteiger partial charge >= 0.3 is 6.09 Å². The number of cyclic esters (lactones) is 1. The number of rotatable bonds is 2. The van der Waals surface area contributed by atoms with Gasteiger partial charge in [0.15, 0.2) is 6.29 Å². The summed E-state index contributed by atoms with van der Waals surface area (Å²) in [6.45, 7) is 0.202. The third kappa shape index (κ3) is 1.50. The van der Waals surface area contributed by atoms with Crippen LogP contribution in [0.5, 0.6) is 5.75 Å². The van der Waals surface area contributed by atoms with Gasteiger partial charge in [0.1, 0.15) is 12.4 Å². The van der Waals surface area contributed by atoms with Gasteiger partial charge in [0, 0.05) is 12.6 Å². The molecule has 84 valence electrons. The third-order valence-corrected chi connectivity index (χ3v) is 2.54. The number of anilines is 1. The first-order valence-electron chi connectivity index (χ1n) is 4.74. The second-order valence-electron chi connectivity index (χ2n) is 3.45. The molecule has 0 N–H and O–H groups in total. The van der Waals surface area contributed by atoms with Gasteiger partial charge in [0.05, 0.1) is 18.4 Å². The van der Waals surface area contributed by atoms with Crippen molar-refractivity contribution in [2.24, 2.45) is 0 Å². The standard InChI is InChI=1S/C11H11NO4/c1-12-9-3-7(5-13)10(15-2)4-8(9)6-16-11(12)14/h3-5H,6H2,1-2H3. The number of benzene rings is 1. The number of methoxy groups -OCH3 is 1. The van der Waals surface area contributed by atoms with Crippen molar-refractivity contribution >= 4 is 18.1 Å². The van der Waals surface area contributed by atoms with E-state index in [9.17, 15) is 9.59 Å². The van der Waals surface area contributed by atoms with Crippen LogP contribution in [0.15, 0.2) is 12.1 Å². The normalized spacial score (nSPS) is 14.1. The molecule has 0 aromatic heterocycles. The molecule has 0 spiro atoms. The quantitative estimate of drug-likeness (QED) is 0.712. The molecule has 1 heterocycles. The molecule has 1 aromatic rings. The fraction of sp³-hybridized carbons (Fsp3) is 0.273. The number of aldehydes is 1. The largest absolute Gasteiger partial charge is 0.496 e. The maximum absolute atomic E-state index is 11.3. The van der Waals surface area contributed by atoms with E-state index in [1.807, 2.05) is 0 Å². The molecule has 0 fully saturated rings. The Kier molecular flexibility index (Phi) is 2.52. The molecule has 2 rings (SSSR count). The summed E-state index contributed by atoms with van der Waals surface area (Å²) in [7, 11) is 3.09. The molecule has 1 aliphatic rings. The van der Waals surface area contributed by atoms with Crippen molar-refractivity contribution in [2.75, 3.05) is 19.1 Å². The van der Waals surface area contributed by atoms with Gasteiger partial charge in [-0.3, -0.25) is 9.69 Å². The van der Waals surface area contributed by atoms with E-state index in [0.29, 0.717) is 23.3 Å². The molecule has 1 aromatic carbocycles. The highest BCUT2D eigenvalue weighted by Gasteiger charge is 2.24. The van der Waals surface area contributed by atoms with E-state index < -0.39 is 6.09 Å². The summed E-state index contributed by atoms with van der Waals surface area (Å²) in [6.07, 6.45) is 0.280. The zero-order valence-corrected chi connectivity index (χ0v) is 9.02. The number of amides is 1. The molecule has 16 heavy (non-hydrogen) atoms. The minimum Gasteiger partial charge on any atom is -0.496 e. The maximum atomic E-state index is 11.3. The van der Waals surface area contributed by atoms with Crippen LogP contribution in [0.25, 0.3) is 0 Å². The Labute approximate surface area is 92.6 Å². The highest BCUT2D eigenvalue weighted by molar-refractivity contribution is 5.92. The zero-order chi connectivity index (χ0) is 11.7. The molecular weight excluding hydrogens is 210 g/mol. The highest BCUT2D eigenvalue weighted by Crippen LogP contribution is 2.31. The average Bonchev–Trinajstić information content (AvgIpc) is 2.32. The lowest BCUT2D eigenvalue weighted by atomic mass is 10.1. The maximum Gasteiger partial charge on any atom is 0.414 e. The van der Waals surface area contributed by atoms with Gasteiger partial charge < -0.3 is 9.47 Å². The smallest absolute Gasteiger partial charge is 0.414 e. The van der Waals surface area contributed by atoms with Crippen LogP contribution in [0.3, 0.4) is 0 Å². The van der Waals surface area contributed by atoms with E-state index in [1.54, 1.807) is 19.2 Å². The van der Waals surface area contributed by atoms with Crippen LogP contribution in [-0.2, 0) is 11.3 Å². The molecule has 1 amide bonds. The van der Waals surface area contributed by atoms with Crippen LogP contribution < -0.4 is 9.64 Å². The van der Waals surface area contributed by atoms with E-state index in [0.717, 1.165) is 5.56 Å². The number of ether oxygens (including phenoxy) is 2. The predicted molar refractivity (Wildman–Crippen MR) is 57.0 cm³/mol. The molecule has 0 saturated carbocycles. The topological polar surface area (TPSA) is 55.8 Å². The molecule has 5 heteroatoms. The molecule has 0 unspecified atom stereocenters. The van der Waals surface area contributed by atoms with Crippen molar-refractivity contribution in [3.8, 4) is 5.75 Å². The molecule has 0 aliphatic carbocycles. The minimum atomic E-state index is -0.422. The molecule has 0 saturated heterocycles. The van der Waals surface area contributed by atoms with Gasteiger partial charge in [-0.25, -0.2) is 4.79 Å². The summed E-state index contributed by atoms with van der Waals surface area (Å²) in [6, 6.07) is 3.34. The first-order valence-corrected chi connectivity index (χ1v) is 4.74. The van der Waals surface area contributed by atoms with Crippen molar-refractivity contribution in [3.05, 3.63) is 23.3 Å². The Morgan fingerprint density at radius 3 is 2.88 bits per heavy atom. The van der Waals surface area contributed by atoms with Gasteiger partial charge in [0.25, 0.3) is 0 Å². The fourth-order valence-electron chi connectivity index (χ4n) is 1.66. The molecule has 0 radical (unpaired) electrons. The number of fused-ring (bicyclic) bond motifs is 1. The number of hydrogen-bond acceptors (Lipinski definition) is 4. The molecule has 0 bridgehead atoms. The van der Waals surface area contributed by atoms with Gasteiger partial charge in [-0.2, -0.15) is 0 Å². The lowest BCUT2D eigenvalue weighted by Crippen LogP contribution is -2.32. The van der Waals surface area contributed by atoms with E-state index >= 15 is 0 Å². The second kappa shape index (κ2) is 3.84. The Bertz CT molecular complexity index is 456.